The van der Waals surface area contributed by atoms with Crippen molar-refractivity contribution in [2.75, 3.05) is 0 Å². The molecule has 82 heavy (non-hydrogen) atoms. The number of halogens is 1. The summed E-state index contributed by atoms with van der Waals surface area (Å²) in [6.07, 6.45) is 1.82. The molecule has 2 aliphatic heterocycles. The van der Waals surface area contributed by atoms with E-state index in [1.807, 2.05) is 26.1 Å². The van der Waals surface area contributed by atoms with E-state index < -0.39 is 0 Å². The number of rotatable bonds is 6. The van der Waals surface area contributed by atoms with Gasteiger partial charge in [0, 0.05) is 32.1 Å². The molecule has 0 amide bonds. The normalized spacial score (nSPS) is 12.9. The molecule has 0 unspecified atom stereocenters. The van der Waals surface area contributed by atoms with Gasteiger partial charge in [0.05, 0.1) is 0 Å². The molecule has 8 aromatic carbocycles. The minimum atomic E-state index is -0.275. The number of pyridine rings is 1. The first kappa shape index (κ1) is 57.2. The van der Waals surface area contributed by atoms with Crippen molar-refractivity contribution in [3.63, 3.8) is 0 Å². The van der Waals surface area contributed by atoms with E-state index in [4.69, 9.17) is 4.98 Å². The first-order valence-electron chi connectivity index (χ1n) is 28.8. The number of hydrogen-bond acceptors (Lipinski definition) is 2. The maximum atomic E-state index is 12.7. The van der Waals surface area contributed by atoms with Crippen molar-refractivity contribution in [3.8, 4) is 45.1 Å². The Morgan fingerprint density at radius 2 is 1.24 bits per heavy atom. The van der Waals surface area contributed by atoms with Crippen molar-refractivity contribution in [3.05, 3.63) is 209 Å². The Bertz CT molecular complexity index is 4290. The minimum Gasteiger partial charge on any atom is -0.304 e. The average Bonchev–Trinajstić information content (AvgIpc) is 2.91. The van der Waals surface area contributed by atoms with E-state index in [9.17, 15) is 4.39 Å². The van der Waals surface area contributed by atoms with Crippen LogP contribution in [0.5, 0.6) is 0 Å². The minimum absolute atomic E-state index is 0. The first-order chi connectivity index (χ1) is 38.4. The van der Waals surface area contributed by atoms with E-state index in [0.29, 0.717) is 11.8 Å². The van der Waals surface area contributed by atoms with E-state index in [-0.39, 0.29) is 63.8 Å². The van der Waals surface area contributed by atoms with E-state index in [2.05, 4.69) is 238 Å². The number of nitrogens with zero attached hydrogens (tertiary/aromatic N) is 4. The van der Waals surface area contributed by atoms with E-state index in [1.165, 1.54) is 115 Å². The molecule has 0 saturated heterocycles. The molecule has 0 fully saturated rings. The molecule has 3 aromatic heterocycles. The SMILES string of the molecule is CC(C)c1cccc(C(C)C)c1-n1c(-c2[c-]ccc(-c3cc4c5c(c3)-n3c6ccc(C(C)(C)C)cc6c6cc(C(C)(C)C)cc(c63)B5c3cc(C(C)(C)C)ccc3[Se]4)c2)nc2ccccc21.Cc1cnc(-c2[c-]cc(F)cc2)cc1C.[Ir]. The van der Waals surface area contributed by atoms with Crippen LogP contribution in [-0.4, -0.2) is 40.8 Å². The quantitative estimate of drug-likeness (QED) is 0.123. The summed E-state index contributed by atoms with van der Waals surface area (Å²) in [5, 5.41) is 2.70. The van der Waals surface area contributed by atoms with Crippen LogP contribution >= 0.6 is 0 Å². The van der Waals surface area contributed by atoms with Crippen LogP contribution in [0.2, 0.25) is 0 Å². The zero-order valence-electron chi connectivity index (χ0n) is 50.1. The summed E-state index contributed by atoms with van der Waals surface area (Å²) < 4.78 is 20.7. The third-order valence-corrected chi connectivity index (χ3v) is 19.3. The Hall–Kier alpha value is -6.66. The topological polar surface area (TPSA) is 35.6 Å². The van der Waals surface area contributed by atoms with Crippen LogP contribution in [0.1, 0.15) is 141 Å². The third-order valence-electron chi connectivity index (χ3n) is 16.9. The molecule has 0 N–H and O–H groups in total. The molecule has 8 heteroatoms. The molecule has 0 spiro atoms. The van der Waals surface area contributed by atoms with Crippen LogP contribution in [0.25, 0.3) is 78.0 Å². The Kier molecular flexibility index (Phi) is 14.8. The summed E-state index contributed by atoms with van der Waals surface area (Å²) in [7, 11) is 0. The molecule has 5 heterocycles. The van der Waals surface area contributed by atoms with Gasteiger partial charge in [0.25, 0.3) is 0 Å². The molecule has 11 aromatic rings. The van der Waals surface area contributed by atoms with Crippen LogP contribution in [-0.2, 0) is 36.4 Å². The monoisotopic (exact) mass is 1320 g/mol. The zero-order chi connectivity index (χ0) is 57.2. The fourth-order valence-electron chi connectivity index (χ4n) is 12.1. The fourth-order valence-corrected chi connectivity index (χ4v) is 14.6. The largest absolute Gasteiger partial charge is 0.304 e. The van der Waals surface area contributed by atoms with Crippen LogP contribution in [0, 0.1) is 31.8 Å². The summed E-state index contributed by atoms with van der Waals surface area (Å²) in [6.45, 7) is 34.6. The molecular formula is C74H72BFIrN4Se-2. The van der Waals surface area contributed by atoms with Gasteiger partial charge in [-0.2, -0.15) is 0 Å². The predicted molar refractivity (Wildman–Crippen MR) is 343 cm³/mol. The standard InChI is InChI=1S/C61H61BN3Se.C13H11FN.Ir/c1-35(2)43-20-17-21-44(36(3)4)56(43)65-51-23-15-14-22-49(51)63-58(65)38-19-16-18-37(28-38)39-29-52-55-54(30-39)66-53-27-25-41(60(8,9)10)33-47(53)62(55)48-34-42(61(11,12)13)32-46-45-31-40(59(5,6)7)24-26-50(45)64(52)57(46)48;1-9-7-13(15-8-10(9)2)11-3-5-12(14)6-4-11;/h14-18,20-36H,1-13H3;3,5-8H,1-2H3;/q2*-1;. The molecule has 0 aliphatic carbocycles. The summed E-state index contributed by atoms with van der Waals surface area (Å²) in [5.74, 6) is 1.33. The summed E-state index contributed by atoms with van der Waals surface area (Å²) >= 11 is 0.106. The first-order valence-corrected chi connectivity index (χ1v) is 30.5. The van der Waals surface area contributed by atoms with Gasteiger partial charge < -0.3 is 4.98 Å². The van der Waals surface area contributed by atoms with Crippen LogP contribution in [0.15, 0.2) is 152 Å². The van der Waals surface area contributed by atoms with Crippen molar-refractivity contribution >= 4 is 79.8 Å². The van der Waals surface area contributed by atoms with E-state index in [0.717, 1.165) is 39.2 Å². The fraction of sp³-hybridized carbons (Fsp3) is 0.270. The number of fused-ring (bicyclic) bond motifs is 8. The summed E-state index contributed by atoms with van der Waals surface area (Å²) in [4.78, 5) is 9.71. The van der Waals surface area contributed by atoms with Gasteiger partial charge in [-0.05, 0) is 25.1 Å². The Labute approximate surface area is 505 Å². The number of para-hydroxylation sites is 3. The smallest absolute Gasteiger partial charge is 0.0379 e. The molecule has 415 valence electrons. The molecule has 0 saturated carbocycles. The van der Waals surface area contributed by atoms with Gasteiger partial charge in [0.2, 0.25) is 0 Å². The van der Waals surface area contributed by atoms with Gasteiger partial charge >= 0.3 is 401 Å². The second kappa shape index (κ2) is 21.2. The Morgan fingerprint density at radius 1 is 0.573 bits per heavy atom. The Balaban J connectivity index is 0.000000382. The van der Waals surface area contributed by atoms with Crippen molar-refractivity contribution in [1.82, 2.24) is 19.1 Å². The molecular weight excluding hydrogens is 1250 g/mol. The Morgan fingerprint density at radius 3 is 1.91 bits per heavy atom. The average molecular weight is 1320 g/mol. The third kappa shape index (κ3) is 10.1. The van der Waals surface area contributed by atoms with Crippen molar-refractivity contribution in [2.45, 2.75) is 132 Å². The molecule has 0 atom stereocenters. The van der Waals surface area contributed by atoms with Gasteiger partial charge in [0.1, 0.15) is 0 Å². The van der Waals surface area contributed by atoms with E-state index in [1.54, 1.807) is 6.07 Å². The van der Waals surface area contributed by atoms with Gasteiger partial charge in [-0.3, -0.25) is 4.39 Å². The van der Waals surface area contributed by atoms with Gasteiger partial charge in [-0.1, -0.05) is 11.6 Å². The summed E-state index contributed by atoms with van der Waals surface area (Å²) in [6, 6.07) is 60.0. The van der Waals surface area contributed by atoms with Gasteiger partial charge in [0.15, 0.2) is 0 Å². The number of benzene rings is 8. The maximum Gasteiger partial charge on any atom is 0.0379 e. The summed E-state index contributed by atoms with van der Waals surface area (Å²) in [5.41, 5.74) is 26.0. The second-order valence-corrected chi connectivity index (χ2v) is 28.7. The number of hydrogen-bond donors (Lipinski definition) is 0. The van der Waals surface area contributed by atoms with Crippen LogP contribution in [0.4, 0.5) is 4.39 Å². The molecule has 0 bridgehead atoms. The van der Waals surface area contributed by atoms with Crippen molar-refractivity contribution in [2.24, 2.45) is 0 Å². The van der Waals surface area contributed by atoms with E-state index >= 15 is 0 Å². The number of aryl methyl sites for hydroxylation is 2. The van der Waals surface area contributed by atoms with Crippen molar-refractivity contribution < 1.29 is 24.5 Å². The second-order valence-electron chi connectivity index (χ2n) is 26.4. The van der Waals surface area contributed by atoms with Gasteiger partial charge in [-0.25, -0.2) is 0 Å². The zero-order valence-corrected chi connectivity index (χ0v) is 54.2. The molecule has 4 nitrogen and oxygen atoms in total. The number of imidazole rings is 1. The predicted octanol–water partition coefficient (Wildman–Crippen LogP) is 15.5. The van der Waals surface area contributed by atoms with Crippen LogP contribution < -0.4 is 25.3 Å². The molecule has 13 rings (SSSR count). The molecule has 2 aliphatic rings. The van der Waals surface area contributed by atoms with Gasteiger partial charge in [-0.15, -0.1) is 29.8 Å². The van der Waals surface area contributed by atoms with Crippen molar-refractivity contribution in [1.29, 1.82) is 0 Å². The maximum absolute atomic E-state index is 12.7. The van der Waals surface area contributed by atoms with Crippen LogP contribution in [0.3, 0.4) is 0 Å². The molecule has 1 radical (unpaired) electrons. The number of aromatic nitrogens is 4.